The van der Waals surface area contributed by atoms with Crippen LogP contribution in [0, 0.1) is 11.3 Å². The maximum Gasteiger partial charge on any atom is 0.185 e. The van der Waals surface area contributed by atoms with Gasteiger partial charge in [-0.25, -0.2) is 5.48 Å². The van der Waals surface area contributed by atoms with Crippen molar-refractivity contribution in [1.29, 1.82) is 5.41 Å². The van der Waals surface area contributed by atoms with E-state index in [1.165, 1.54) is 6.08 Å². The SMILES string of the molecule is C=C(NCCONCCOCCOc1ccc(N)cc1)C1=C(C)C(=O)C(C2CCC(=O)CC(=N)C2=O)=CC1O. The zero-order valence-electron chi connectivity index (χ0n) is 22.1. The molecule has 0 radical (unpaired) electrons. The molecule has 2 unspecified atom stereocenters. The Bertz CT molecular complexity index is 1160. The van der Waals surface area contributed by atoms with Gasteiger partial charge in [0.05, 0.1) is 37.9 Å². The highest BCUT2D eigenvalue weighted by Gasteiger charge is 2.37. The molecular formula is C28H36N4O7. The molecule has 0 saturated heterocycles. The fourth-order valence-corrected chi connectivity index (χ4v) is 4.38. The van der Waals surface area contributed by atoms with Gasteiger partial charge in [0.1, 0.15) is 24.2 Å². The summed E-state index contributed by atoms with van der Waals surface area (Å²) in [6, 6.07) is 7.13. The van der Waals surface area contributed by atoms with E-state index in [4.69, 9.17) is 25.5 Å². The van der Waals surface area contributed by atoms with E-state index in [2.05, 4.69) is 17.4 Å². The lowest BCUT2D eigenvalue weighted by atomic mass is 9.79. The van der Waals surface area contributed by atoms with E-state index in [-0.39, 0.29) is 48.5 Å². The maximum absolute atomic E-state index is 13.1. The second-order valence-electron chi connectivity index (χ2n) is 9.26. The van der Waals surface area contributed by atoms with Crippen LogP contribution in [0.2, 0.25) is 0 Å². The van der Waals surface area contributed by atoms with E-state index < -0.39 is 23.6 Å². The number of benzene rings is 1. The van der Waals surface area contributed by atoms with Gasteiger partial charge in [-0.1, -0.05) is 6.58 Å². The summed E-state index contributed by atoms with van der Waals surface area (Å²) in [5.41, 5.74) is 9.90. The number of ketones is 3. The van der Waals surface area contributed by atoms with Crippen molar-refractivity contribution in [2.75, 3.05) is 45.3 Å². The third-order valence-electron chi connectivity index (χ3n) is 6.41. The van der Waals surface area contributed by atoms with E-state index in [0.717, 1.165) is 5.75 Å². The van der Waals surface area contributed by atoms with Crippen LogP contribution in [0.15, 0.2) is 59.3 Å². The summed E-state index contributed by atoms with van der Waals surface area (Å²) in [6.45, 7) is 7.88. The number of hydroxylamine groups is 1. The van der Waals surface area contributed by atoms with E-state index in [9.17, 15) is 19.5 Å². The summed E-state index contributed by atoms with van der Waals surface area (Å²) >= 11 is 0. The van der Waals surface area contributed by atoms with Crippen LogP contribution >= 0.6 is 0 Å². The minimum atomic E-state index is -1.15. The fraction of sp³-hybridized carbons (Fsp3) is 0.429. The standard InChI is InChI=1S/C28H36N4O7/c1-17-26(25(34)16-23(27(17)35)22-8-5-20(33)15-24(30)28(22)36)18(2)31-9-12-39-32-10-11-37-13-14-38-21-6-3-19(29)4-7-21/h3-4,6-7,16,22,25,30-32,34H,2,5,8-15,29H2,1H3. The van der Waals surface area contributed by atoms with Gasteiger partial charge in [-0.05, 0) is 43.7 Å². The topological polar surface area (TPSA) is 173 Å². The first kappa shape index (κ1) is 29.9. The van der Waals surface area contributed by atoms with Crippen molar-refractivity contribution < 1.29 is 33.8 Å². The number of rotatable bonds is 14. The smallest absolute Gasteiger partial charge is 0.185 e. The van der Waals surface area contributed by atoms with Gasteiger partial charge in [-0.3, -0.25) is 19.2 Å². The second-order valence-corrected chi connectivity index (χ2v) is 9.26. The third kappa shape index (κ3) is 8.42. The monoisotopic (exact) mass is 540 g/mol. The predicted octanol–water partition coefficient (Wildman–Crippen LogP) is 1.43. The number of hydrogen-bond acceptors (Lipinski definition) is 11. The van der Waals surface area contributed by atoms with E-state index in [1.54, 1.807) is 31.2 Å². The van der Waals surface area contributed by atoms with Crippen LogP contribution in [0.1, 0.15) is 26.2 Å². The van der Waals surface area contributed by atoms with Gasteiger partial charge >= 0.3 is 0 Å². The molecule has 6 N–H and O–H groups in total. The lowest BCUT2D eigenvalue weighted by Gasteiger charge is -2.27. The highest BCUT2D eigenvalue weighted by Crippen LogP contribution is 2.33. The Balaban J connectivity index is 1.34. The van der Waals surface area contributed by atoms with Gasteiger partial charge in [0.2, 0.25) is 0 Å². The van der Waals surface area contributed by atoms with Crippen LogP contribution in [-0.2, 0) is 24.0 Å². The van der Waals surface area contributed by atoms with Crippen LogP contribution in [0.4, 0.5) is 5.69 Å². The van der Waals surface area contributed by atoms with Gasteiger partial charge in [0.25, 0.3) is 0 Å². The van der Waals surface area contributed by atoms with E-state index in [1.807, 2.05) is 0 Å². The highest BCUT2D eigenvalue weighted by atomic mass is 16.6. The van der Waals surface area contributed by atoms with Crippen molar-refractivity contribution in [3.8, 4) is 5.75 Å². The molecule has 0 aromatic heterocycles. The largest absolute Gasteiger partial charge is 0.491 e. The first-order valence-corrected chi connectivity index (χ1v) is 12.8. The highest BCUT2D eigenvalue weighted by molar-refractivity contribution is 6.44. The summed E-state index contributed by atoms with van der Waals surface area (Å²) in [7, 11) is 0. The minimum absolute atomic E-state index is 0.114. The normalized spacial score (nSPS) is 20.1. The number of aliphatic hydroxyl groups excluding tert-OH is 1. The lowest BCUT2D eigenvalue weighted by Crippen LogP contribution is -2.33. The number of carbonyl (C=O) groups is 3. The Labute approximate surface area is 227 Å². The molecule has 0 amide bonds. The Kier molecular flexibility index (Phi) is 11.1. The molecule has 2 atom stereocenters. The molecule has 0 bridgehead atoms. The number of carbonyl (C=O) groups excluding carboxylic acids is 3. The molecule has 39 heavy (non-hydrogen) atoms. The fourth-order valence-electron chi connectivity index (χ4n) is 4.38. The zero-order chi connectivity index (χ0) is 28.4. The molecule has 3 rings (SSSR count). The minimum Gasteiger partial charge on any atom is -0.491 e. The summed E-state index contributed by atoms with van der Waals surface area (Å²) in [5.74, 6) is -1.30. The van der Waals surface area contributed by atoms with Crippen LogP contribution in [-0.4, -0.2) is 73.8 Å². The molecule has 1 aromatic carbocycles. The number of hydrogen-bond donors (Lipinski definition) is 5. The van der Waals surface area contributed by atoms with Crippen LogP contribution < -0.4 is 21.3 Å². The molecule has 2 aliphatic rings. The maximum atomic E-state index is 13.1. The van der Waals surface area contributed by atoms with Crippen molar-refractivity contribution in [2.24, 2.45) is 5.92 Å². The van der Waals surface area contributed by atoms with Gasteiger partial charge in [-0.15, -0.1) is 0 Å². The van der Waals surface area contributed by atoms with Crippen molar-refractivity contribution in [3.05, 3.63) is 59.3 Å². The zero-order valence-corrected chi connectivity index (χ0v) is 22.1. The number of allylic oxidation sites excluding steroid dienone is 2. The Morgan fingerprint density at radius 1 is 1.13 bits per heavy atom. The number of nitrogens with one attached hydrogen (secondary N) is 3. The summed E-state index contributed by atoms with van der Waals surface area (Å²) < 4.78 is 11.0. The van der Waals surface area contributed by atoms with Crippen LogP contribution in [0.3, 0.4) is 0 Å². The van der Waals surface area contributed by atoms with Gasteiger partial charge in [0.15, 0.2) is 11.6 Å². The van der Waals surface area contributed by atoms with Gasteiger partial charge < -0.3 is 31.0 Å². The average molecular weight is 541 g/mol. The first-order chi connectivity index (χ1) is 18.7. The lowest BCUT2D eigenvalue weighted by molar-refractivity contribution is -0.119. The van der Waals surface area contributed by atoms with Crippen molar-refractivity contribution >= 4 is 28.7 Å². The number of nitrogen functional groups attached to an aromatic ring is 1. The molecule has 0 aliphatic heterocycles. The number of ether oxygens (including phenoxy) is 2. The predicted molar refractivity (Wildman–Crippen MR) is 145 cm³/mol. The molecule has 11 heteroatoms. The van der Waals surface area contributed by atoms with Crippen molar-refractivity contribution in [1.82, 2.24) is 10.8 Å². The first-order valence-electron chi connectivity index (χ1n) is 12.8. The summed E-state index contributed by atoms with van der Waals surface area (Å²) in [5, 5.41) is 21.6. The molecular weight excluding hydrogens is 504 g/mol. The number of nitrogens with two attached hydrogens (primary N) is 1. The van der Waals surface area contributed by atoms with Crippen molar-refractivity contribution in [2.45, 2.75) is 32.3 Å². The van der Waals surface area contributed by atoms with Gasteiger partial charge in [0, 0.05) is 47.6 Å². The summed E-state index contributed by atoms with van der Waals surface area (Å²) in [6.07, 6.45) is 0.229. The molecule has 11 nitrogen and oxygen atoms in total. The number of aliphatic hydroxyl groups is 1. The van der Waals surface area contributed by atoms with E-state index in [0.29, 0.717) is 49.9 Å². The second kappa shape index (κ2) is 14.5. The molecule has 1 aromatic rings. The van der Waals surface area contributed by atoms with Crippen LogP contribution in [0.25, 0.3) is 0 Å². The Morgan fingerprint density at radius 3 is 2.62 bits per heavy atom. The van der Waals surface area contributed by atoms with Crippen molar-refractivity contribution in [3.63, 3.8) is 0 Å². The molecule has 1 fully saturated rings. The number of Topliss-reactive ketones (excluding diaryl/α,β-unsaturated/α-hetero) is 3. The molecule has 0 heterocycles. The molecule has 2 aliphatic carbocycles. The molecule has 0 spiro atoms. The Hall–Kier alpha value is -3.64. The Morgan fingerprint density at radius 2 is 1.87 bits per heavy atom. The average Bonchev–Trinajstić information content (AvgIpc) is 3.02. The molecule has 210 valence electrons. The van der Waals surface area contributed by atoms with E-state index >= 15 is 0 Å². The van der Waals surface area contributed by atoms with Gasteiger partial charge in [-0.2, -0.15) is 0 Å². The number of anilines is 1. The third-order valence-corrected chi connectivity index (χ3v) is 6.41. The van der Waals surface area contributed by atoms with Crippen LogP contribution in [0.5, 0.6) is 5.75 Å². The quantitative estimate of drug-likeness (QED) is 0.101. The molecule has 1 saturated carbocycles. The summed E-state index contributed by atoms with van der Waals surface area (Å²) in [4.78, 5) is 42.9.